The first-order valence-electron chi connectivity index (χ1n) is 4.80. The Hall–Kier alpha value is -2.71. The molecular weight excluding hydrogens is 242 g/mol. The lowest BCUT2D eigenvalue weighted by molar-refractivity contribution is -0.393. The number of nitro benzene ring substituents is 2. The Morgan fingerprint density at radius 1 is 1.28 bits per heavy atom. The minimum Gasteiger partial charge on any atom is -0.367 e. The van der Waals surface area contributed by atoms with Crippen molar-refractivity contribution in [3.05, 3.63) is 38.4 Å². The van der Waals surface area contributed by atoms with Crippen molar-refractivity contribution >= 4 is 23.4 Å². The second-order valence-corrected chi connectivity index (χ2v) is 3.54. The van der Waals surface area contributed by atoms with E-state index < -0.39 is 15.5 Å². The van der Waals surface area contributed by atoms with Crippen molar-refractivity contribution in [2.45, 2.75) is 0 Å². The van der Waals surface area contributed by atoms with Gasteiger partial charge in [0.1, 0.15) is 12.0 Å². The standard InChI is InChI=1S/C9H11N5O4/c1-12(2)6-10-11-8-4-3-7(13(15)16)5-9(8)14(17)18/h3-6,11H,1-2H3/b10-6+. The summed E-state index contributed by atoms with van der Waals surface area (Å²) >= 11 is 0. The molecule has 1 aromatic carbocycles. The van der Waals surface area contributed by atoms with Gasteiger partial charge in [0.2, 0.25) is 0 Å². The number of nitrogens with zero attached hydrogens (tertiary/aromatic N) is 4. The molecule has 0 aromatic heterocycles. The summed E-state index contributed by atoms with van der Waals surface area (Å²) in [6.45, 7) is 0. The average Bonchev–Trinajstić information content (AvgIpc) is 2.28. The molecule has 0 unspecified atom stereocenters. The maximum Gasteiger partial charge on any atom is 0.301 e. The van der Waals surface area contributed by atoms with Crippen LogP contribution in [0.5, 0.6) is 0 Å². The van der Waals surface area contributed by atoms with Gasteiger partial charge in [0, 0.05) is 20.2 Å². The molecule has 0 spiro atoms. The summed E-state index contributed by atoms with van der Waals surface area (Å²) in [5.74, 6) is 0. The minimum absolute atomic E-state index is 0.0868. The Morgan fingerprint density at radius 3 is 2.44 bits per heavy atom. The number of nitro groups is 2. The highest BCUT2D eigenvalue weighted by molar-refractivity contribution is 5.66. The molecule has 0 saturated carbocycles. The molecule has 0 fully saturated rings. The second kappa shape index (κ2) is 5.57. The van der Waals surface area contributed by atoms with E-state index in [4.69, 9.17) is 0 Å². The normalized spacial score (nSPS) is 10.3. The van der Waals surface area contributed by atoms with E-state index >= 15 is 0 Å². The molecular formula is C9H11N5O4. The van der Waals surface area contributed by atoms with Crippen LogP contribution in [0.3, 0.4) is 0 Å². The first kappa shape index (κ1) is 13.4. The highest BCUT2D eigenvalue weighted by Crippen LogP contribution is 2.28. The van der Waals surface area contributed by atoms with Gasteiger partial charge >= 0.3 is 5.69 Å². The van der Waals surface area contributed by atoms with Crippen molar-refractivity contribution in [3.8, 4) is 0 Å². The van der Waals surface area contributed by atoms with E-state index in [0.29, 0.717) is 0 Å². The maximum absolute atomic E-state index is 10.8. The third kappa shape index (κ3) is 3.40. The van der Waals surface area contributed by atoms with Gasteiger partial charge < -0.3 is 4.90 Å². The largest absolute Gasteiger partial charge is 0.367 e. The van der Waals surface area contributed by atoms with Crippen LogP contribution in [0.4, 0.5) is 17.1 Å². The molecule has 0 aliphatic rings. The van der Waals surface area contributed by atoms with Gasteiger partial charge in [-0.3, -0.25) is 25.7 Å². The number of hydrogen-bond donors (Lipinski definition) is 1. The number of hydrogen-bond acceptors (Lipinski definition) is 6. The quantitative estimate of drug-likeness (QED) is 0.367. The molecule has 0 aliphatic carbocycles. The molecule has 0 heterocycles. The Morgan fingerprint density at radius 2 is 1.94 bits per heavy atom. The van der Waals surface area contributed by atoms with Crippen molar-refractivity contribution < 1.29 is 9.85 Å². The van der Waals surface area contributed by atoms with E-state index in [2.05, 4.69) is 10.5 Å². The predicted molar refractivity (Wildman–Crippen MR) is 65.6 cm³/mol. The Bertz CT molecular complexity index is 500. The Labute approximate surface area is 102 Å². The van der Waals surface area contributed by atoms with Crippen LogP contribution in [0.1, 0.15) is 0 Å². The summed E-state index contributed by atoms with van der Waals surface area (Å²) in [6.07, 6.45) is 1.41. The lowest BCUT2D eigenvalue weighted by Gasteiger charge is -2.04. The van der Waals surface area contributed by atoms with Crippen molar-refractivity contribution in [2.75, 3.05) is 19.5 Å². The zero-order valence-corrected chi connectivity index (χ0v) is 9.73. The van der Waals surface area contributed by atoms with Crippen molar-refractivity contribution in [2.24, 2.45) is 5.10 Å². The molecule has 0 saturated heterocycles. The number of anilines is 1. The number of hydrazone groups is 1. The highest BCUT2D eigenvalue weighted by Gasteiger charge is 2.18. The fourth-order valence-corrected chi connectivity index (χ4v) is 1.09. The fraction of sp³-hybridized carbons (Fsp3) is 0.222. The number of non-ortho nitro benzene ring substituents is 1. The van der Waals surface area contributed by atoms with Crippen LogP contribution in [0.25, 0.3) is 0 Å². The third-order valence-electron chi connectivity index (χ3n) is 1.86. The fourth-order valence-electron chi connectivity index (χ4n) is 1.09. The van der Waals surface area contributed by atoms with Crippen LogP contribution in [-0.4, -0.2) is 35.2 Å². The van der Waals surface area contributed by atoms with Crippen LogP contribution in [-0.2, 0) is 0 Å². The van der Waals surface area contributed by atoms with E-state index in [0.717, 1.165) is 6.07 Å². The molecule has 1 N–H and O–H groups in total. The van der Waals surface area contributed by atoms with E-state index in [1.807, 2.05) is 0 Å². The molecule has 1 aromatic rings. The summed E-state index contributed by atoms with van der Waals surface area (Å²) < 4.78 is 0. The van der Waals surface area contributed by atoms with Gasteiger partial charge in [-0.05, 0) is 6.07 Å². The summed E-state index contributed by atoms with van der Waals surface area (Å²) in [5, 5.41) is 25.0. The van der Waals surface area contributed by atoms with Gasteiger partial charge in [-0.15, -0.1) is 0 Å². The zero-order chi connectivity index (χ0) is 13.7. The van der Waals surface area contributed by atoms with Crippen LogP contribution in [0.2, 0.25) is 0 Å². The monoisotopic (exact) mass is 253 g/mol. The van der Waals surface area contributed by atoms with Crippen molar-refractivity contribution in [3.63, 3.8) is 0 Å². The lowest BCUT2D eigenvalue weighted by atomic mass is 10.2. The summed E-state index contributed by atoms with van der Waals surface area (Å²) in [7, 11) is 3.46. The van der Waals surface area contributed by atoms with Crippen molar-refractivity contribution in [1.29, 1.82) is 0 Å². The molecule has 18 heavy (non-hydrogen) atoms. The molecule has 96 valence electrons. The number of benzene rings is 1. The zero-order valence-electron chi connectivity index (χ0n) is 9.73. The highest BCUT2D eigenvalue weighted by atomic mass is 16.6. The Balaban J connectivity index is 3.04. The molecule has 0 aliphatic heterocycles. The summed E-state index contributed by atoms with van der Waals surface area (Å²) in [5.41, 5.74) is 1.80. The average molecular weight is 253 g/mol. The maximum atomic E-state index is 10.8. The van der Waals surface area contributed by atoms with E-state index in [1.54, 1.807) is 19.0 Å². The number of rotatable bonds is 5. The van der Waals surface area contributed by atoms with Gasteiger partial charge in [0.05, 0.1) is 15.9 Å². The van der Waals surface area contributed by atoms with Crippen LogP contribution < -0.4 is 5.43 Å². The molecule has 1 rings (SSSR count). The van der Waals surface area contributed by atoms with E-state index in [9.17, 15) is 20.2 Å². The van der Waals surface area contributed by atoms with Crippen LogP contribution in [0.15, 0.2) is 23.3 Å². The number of nitrogens with one attached hydrogen (secondary N) is 1. The third-order valence-corrected chi connectivity index (χ3v) is 1.86. The molecule has 0 atom stereocenters. The lowest BCUT2D eigenvalue weighted by Crippen LogP contribution is -2.09. The van der Waals surface area contributed by atoms with E-state index in [1.165, 1.54) is 18.5 Å². The van der Waals surface area contributed by atoms with E-state index in [-0.39, 0.29) is 11.4 Å². The molecule has 0 radical (unpaired) electrons. The predicted octanol–water partition coefficient (Wildman–Crippen LogP) is 1.42. The van der Waals surface area contributed by atoms with Crippen LogP contribution >= 0.6 is 0 Å². The molecule has 0 amide bonds. The second-order valence-electron chi connectivity index (χ2n) is 3.54. The van der Waals surface area contributed by atoms with Crippen molar-refractivity contribution in [1.82, 2.24) is 4.90 Å². The minimum atomic E-state index is -0.708. The topological polar surface area (TPSA) is 114 Å². The molecule has 9 nitrogen and oxygen atoms in total. The molecule has 0 bridgehead atoms. The molecule has 9 heteroatoms. The van der Waals surface area contributed by atoms with Gasteiger partial charge in [-0.1, -0.05) is 0 Å². The first-order valence-corrected chi connectivity index (χ1v) is 4.80. The first-order chi connectivity index (χ1) is 8.41. The summed E-state index contributed by atoms with van der Waals surface area (Å²) in [4.78, 5) is 21.5. The SMILES string of the molecule is CN(C)/C=N/Nc1ccc([N+](=O)[O-])cc1[N+](=O)[O-]. The van der Waals surface area contributed by atoms with Gasteiger partial charge in [0.15, 0.2) is 0 Å². The van der Waals surface area contributed by atoms with Crippen LogP contribution in [0, 0.1) is 20.2 Å². The smallest absolute Gasteiger partial charge is 0.301 e. The Kier molecular flexibility index (Phi) is 4.13. The van der Waals surface area contributed by atoms with Gasteiger partial charge in [-0.2, -0.15) is 5.10 Å². The van der Waals surface area contributed by atoms with Gasteiger partial charge in [0.25, 0.3) is 5.69 Å². The summed E-state index contributed by atoms with van der Waals surface area (Å²) in [6, 6.07) is 3.29. The van der Waals surface area contributed by atoms with Gasteiger partial charge in [-0.25, -0.2) is 0 Å².